The van der Waals surface area contributed by atoms with Crippen LogP contribution in [0.25, 0.3) is 0 Å². The Morgan fingerprint density at radius 2 is 2.06 bits per heavy atom. The van der Waals surface area contributed by atoms with Crippen molar-refractivity contribution in [2.75, 3.05) is 6.54 Å². The lowest BCUT2D eigenvalue weighted by atomic mass is 9.97. The van der Waals surface area contributed by atoms with Crippen molar-refractivity contribution < 1.29 is 9.90 Å². The Bertz CT molecular complexity index is 302. The molecule has 92 valence electrons. The molecule has 0 radical (unpaired) electrons. The number of aliphatic carboxylic acids is 1. The number of carboxylic acids is 1. The zero-order chi connectivity index (χ0) is 12.8. The summed E-state index contributed by atoms with van der Waals surface area (Å²) in [5, 5.41) is 8.81. The van der Waals surface area contributed by atoms with Crippen molar-refractivity contribution in [2.45, 2.75) is 39.2 Å². The van der Waals surface area contributed by atoms with Crippen LogP contribution in [0.2, 0.25) is 0 Å². The van der Waals surface area contributed by atoms with Gasteiger partial charge in [0, 0.05) is 6.54 Å². The van der Waals surface area contributed by atoms with Crippen LogP contribution in [0.15, 0.2) is 16.6 Å². The van der Waals surface area contributed by atoms with Gasteiger partial charge < -0.3 is 16.6 Å². The second-order valence-corrected chi connectivity index (χ2v) is 4.25. The molecule has 16 heavy (non-hydrogen) atoms. The number of nitrogens with two attached hydrogens (primary N) is 2. The monoisotopic (exact) mass is 227 g/mol. The normalized spacial score (nSPS) is 17.0. The van der Waals surface area contributed by atoms with E-state index in [-0.39, 0.29) is 0 Å². The number of carboxylic acid groups (broad SMARTS) is 1. The van der Waals surface area contributed by atoms with Gasteiger partial charge in [0.05, 0.1) is 5.84 Å². The summed E-state index contributed by atoms with van der Waals surface area (Å²) in [6.07, 6.45) is 2.93. The number of carbonyl (C=O) groups is 1. The lowest BCUT2D eigenvalue weighted by Gasteiger charge is -2.16. The van der Waals surface area contributed by atoms with E-state index in [1.807, 2.05) is 13.0 Å². The van der Waals surface area contributed by atoms with Crippen LogP contribution in [0.1, 0.15) is 33.6 Å². The van der Waals surface area contributed by atoms with Crippen LogP contribution in [-0.2, 0) is 4.79 Å². The predicted molar refractivity (Wildman–Crippen MR) is 65.4 cm³/mol. The van der Waals surface area contributed by atoms with Crippen molar-refractivity contribution in [1.29, 1.82) is 0 Å². The zero-order valence-corrected chi connectivity index (χ0v) is 10.2. The first-order valence-electron chi connectivity index (χ1n) is 5.20. The molecule has 0 aliphatic heterocycles. The van der Waals surface area contributed by atoms with Crippen LogP contribution in [0, 0.1) is 0 Å². The van der Waals surface area contributed by atoms with Crippen molar-refractivity contribution in [3.8, 4) is 0 Å². The molecular formula is C11H21N3O2. The van der Waals surface area contributed by atoms with Gasteiger partial charge in [-0.05, 0) is 33.6 Å². The van der Waals surface area contributed by atoms with Gasteiger partial charge in [0.25, 0.3) is 0 Å². The highest BCUT2D eigenvalue weighted by Gasteiger charge is 2.25. The van der Waals surface area contributed by atoms with Gasteiger partial charge in [-0.1, -0.05) is 11.6 Å². The molecule has 0 aromatic carbocycles. The highest BCUT2D eigenvalue weighted by Crippen LogP contribution is 2.10. The van der Waals surface area contributed by atoms with E-state index in [0.29, 0.717) is 18.8 Å². The highest BCUT2D eigenvalue weighted by molar-refractivity contribution is 5.78. The van der Waals surface area contributed by atoms with Crippen LogP contribution < -0.4 is 11.5 Å². The quantitative estimate of drug-likeness (QED) is 0.356. The molecule has 0 aromatic rings. The van der Waals surface area contributed by atoms with Gasteiger partial charge in [0.1, 0.15) is 5.54 Å². The molecule has 0 saturated heterocycles. The van der Waals surface area contributed by atoms with Crippen LogP contribution in [-0.4, -0.2) is 29.0 Å². The largest absolute Gasteiger partial charge is 0.480 e. The second-order valence-electron chi connectivity index (χ2n) is 4.25. The molecule has 5 nitrogen and oxygen atoms in total. The van der Waals surface area contributed by atoms with E-state index < -0.39 is 11.5 Å². The molecule has 1 unspecified atom stereocenters. The molecule has 5 heteroatoms. The van der Waals surface area contributed by atoms with Crippen molar-refractivity contribution in [3.05, 3.63) is 11.6 Å². The molecule has 1 atom stereocenters. The van der Waals surface area contributed by atoms with Gasteiger partial charge in [-0.15, -0.1) is 0 Å². The molecule has 0 aromatic heterocycles. The molecule has 0 rings (SSSR count). The van der Waals surface area contributed by atoms with Gasteiger partial charge in [0.2, 0.25) is 0 Å². The van der Waals surface area contributed by atoms with Crippen LogP contribution >= 0.6 is 0 Å². The molecule has 0 aliphatic rings. The Balaban J connectivity index is 4.15. The second kappa shape index (κ2) is 6.27. The molecule has 0 heterocycles. The number of hydrogen-bond acceptors (Lipinski definition) is 3. The van der Waals surface area contributed by atoms with Crippen molar-refractivity contribution in [2.24, 2.45) is 16.5 Å². The average molecular weight is 227 g/mol. The highest BCUT2D eigenvalue weighted by atomic mass is 16.4. The van der Waals surface area contributed by atoms with Crippen molar-refractivity contribution >= 4 is 11.8 Å². The summed E-state index contributed by atoms with van der Waals surface area (Å²) in [4.78, 5) is 14.8. The standard InChI is InChI=1S/C11H21N3O2/c1-8(5-7-14-9(2)12)4-6-11(3,13)10(15)16/h4H,5-7,13H2,1-3H3,(H2,12,14)(H,15,16)/b8-4-. The van der Waals surface area contributed by atoms with Gasteiger partial charge in [-0.3, -0.25) is 9.79 Å². The third-order valence-corrected chi connectivity index (χ3v) is 2.23. The van der Waals surface area contributed by atoms with Crippen molar-refractivity contribution in [3.63, 3.8) is 0 Å². The number of hydrogen-bond donors (Lipinski definition) is 3. The minimum atomic E-state index is -1.20. The minimum Gasteiger partial charge on any atom is -0.480 e. The Morgan fingerprint density at radius 3 is 2.50 bits per heavy atom. The molecule has 0 aliphatic carbocycles. The number of nitrogens with zero attached hydrogens (tertiary/aromatic N) is 1. The Labute approximate surface area is 96.2 Å². The maximum Gasteiger partial charge on any atom is 0.323 e. The van der Waals surface area contributed by atoms with Crippen LogP contribution in [0.3, 0.4) is 0 Å². The van der Waals surface area contributed by atoms with E-state index in [0.717, 1.165) is 12.0 Å². The average Bonchev–Trinajstić information content (AvgIpc) is 2.14. The number of aliphatic imine (C=N–C) groups is 1. The maximum absolute atomic E-state index is 10.7. The molecular weight excluding hydrogens is 206 g/mol. The summed E-state index contributed by atoms with van der Waals surface area (Å²) >= 11 is 0. The summed E-state index contributed by atoms with van der Waals surface area (Å²) in [7, 11) is 0. The summed E-state index contributed by atoms with van der Waals surface area (Å²) in [5.74, 6) is -0.436. The van der Waals surface area contributed by atoms with E-state index >= 15 is 0 Å². The first-order chi connectivity index (χ1) is 7.25. The van der Waals surface area contributed by atoms with Gasteiger partial charge >= 0.3 is 5.97 Å². The molecule has 5 N–H and O–H groups in total. The molecule has 0 fully saturated rings. The van der Waals surface area contributed by atoms with E-state index in [2.05, 4.69) is 4.99 Å². The van der Waals surface area contributed by atoms with E-state index in [9.17, 15) is 4.79 Å². The first kappa shape index (κ1) is 14.6. The van der Waals surface area contributed by atoms with Gasteiger partial charge in [-0.25, -0.2) is 0 Å². The summed E-state index contributed by atoms with van der Waals surface area (Å²) in [6, 6.07) is 0. The smallest absolute Gasteiger partial charge is 0.323 e. The molecule has 0 amide bonds. The summed E-state index contributed by atoms with van der Waals surface area (Å²) < 4.78 is 0. The lowest BCUT2D eigenvalue weighted by Crippen LogP contribution is -2.44. The summed E-state index contributed by atoms with van der Waals surface area (Å²) in [5.41, 5.74) is 10.9. The molecule has 0 saturated carbocycles. The number of rotatable bonds is 6. The Hall–Kier alpha value is -1.36. The predicted octanol–water partition coefficient (Wildman–Crippen LogP) is 0.892. The summed E-state index contributed by atoms with van der Waals surface area (Å²) in [6.45, 7) is 5.79. The third-order valence-electron chi connectivity index (χ3n) is 2.23. The maximum atomic E-state index is 10.7. The van der Waals surface area contributed by atoms with E-state index in [1.165, 1.54) is 6.92 Å². The fraction of sp³-hybridized carbons (Fsp3) is 0.636. The number of amidine groups is 1. The topological polar surface area (TPSA) is 102 Å². The molecule has 0 bridgehead atoms. The minimum absolute atomic E-state index is 0.319. The zero-order valence-electron chi connectivity index (χ0n) is 10.2. The fourth-order valence-corrected chi connectivity index (χ4v) is 0.984. The van der Waals surface area contributed by atoms with Crippen LogP contribution in [0.4, 0.5) is 0 Å². The van der Waals surface area contributed by atoms with E-state index in [1.54, 1.807) is 6.92 Å². The van der Waals surface area contributed by atoms with E-state index in [4.69, 9.17) is 16.6 Å². The third kappa shape index (κ3) is 6.19. The Morgan fingerprint density at radius 1 is 1.50 bits per heavy atom. The van der Waals surface area contributed by atoms with Crippen molar-refractivity contribution in [1.82, 2.24) is 0 Å². The fourth-order valence-electron chi connectivity index (χ4n) is 0.984. The molecule has 0 spiro atoms. The lowest BCUT2D eigenvalue weighted by molar-refractivity contribution is -0.142. The van der Waals surface area contributed by atoms with Gasteiger partial charge in [-0.2, -0.15) is 0 Å². The first-order valence-corrected chi connectivity index (χ1v) is 5.20. The Kier molecular flexibility index (Phi) is 5.74. The van der Waals surface area contributed by atoms with Crippen LogP contribution in [0.5, 0.6) is 0 Å². The van der Waals surface area contributed by atoms with Gasteiger partial charge in [0.15, 0.2) is 0 Å². The SMILES string of the molecule is CC(N)=NCC/C(C)=C\CC(C)(N)C(=O)O.